The van der Waals surface area contributed by atoms with Crippen molar-refractivity contribution in [3.05, 3.63) is 12.2 Å². The molecule has 0 heterocycles. The highest BCUT2D eigenvalue weighted by atomic mass is 14.9. The predicted octanol–water partition coefficient (Wildman–Crippen LogP) is 3.61. The normalized spacial score (nSPS) is 15.6. The second kappa shape index (κ2) is 7.05. The van der Waals surface area contributed by atoms with Crippen LogP contribution < -0.4 is 5.32 Å². The summed E-state index contributed by atoms with van der Waals surface area (Å²) in [6.45, 7) is 16.4. The molecule has 1 N–H and O–H groups in total. The molecule has 1 heteroatoms. The number of nitrogens with one attached hydrogen (secondary N) is 1. The molecule has 1 nitrogen and oxygen atoms in total. The molecule has 84 valence electrons. The van der Waals surface area contributed by atoms with E-state index in [0.29, 0.717) is 6.04 Å². The first kappa shape index (κ1) is 13.7. The summed E-state index contributed by atoms with van der Waals surface area (Å²) in [5.74, 6) is 1.48. The molecule has 0 saturated carbocycles. The smallest absolute Gasteiger partial charge is 0.00104 e. The lowest BCUT2D eigenvalue weighted by Crippen LogP contribution is -2.30. The maximum absolute atomic E-state index is 4.07. The zero-order valence-electron chi connectivity index (χ0n) is 10.6. The van der Waals surface area contributed by atoms with Crippen LogP contribution in [0.15, 0.2) is 12.2 Å². The van der Waals surface area contributed by atoms with E-state index in [1.54, 1.807) is 0 Å². The number of hydrogen-bond acceptors (Lipinski definition) is 1. The summed E-state index contributed by atoms with van der Waals surface area (Å²) in [4.78, 5) is 0. The van der Waals surface area contributed by atoms with E-state index in [1.807, 2.05) is 0 Å². The standard InChI is InChI=1S/C13H27N/c1-7-11(4)8-12(5)13(6)9-14-10(2)3/h10,12-14H,4,7-9H2,1-3,5-6H3. The molecule has 14 heavy (non-hydrogen) atoms. The second-order valence-electron chi connectivity index (χ2n) is 4.83. The Morgan fingerprint density at radius 1 is 1.14 bits per heavy atom. The predicted molar refractivity (Wildman–Crippen MR) is 65.5 cm³/mol. The molecule has 0 aromatic carbocycles. The molecule has 0 rings (SSSR count). The molecule has 0 bridgehead atoms. The number of allylic oxidation sites excluding steroid dienone is 1. The Morgan fingerprint density at radius 2 is 1.71 bits per heavy atom. The van der Waals surface area contributed by atoms with Crippen molar-refractivity contribution >= 4 is 0 Å². The zero-order chi connectivity index (χ0) is 11.1. The van der Waals surface area contributed by atoms with Crippen molar-refractivity contribution in [3.63, 3.8) is 0 Å². The zero-order valence-corrected chi connectivity index (χ0v) is 10.6. The van der Waals surface area contributed by atoms with Gasteiger partial charge in [-0.2, -0.15) is 0 Å². The van der Waals surface area contributed by atoms with Crippen molar-refractivity contribution < 1.29 is 0 Å². The summed E-state index contributed by atoms with van der Waals surface area (Å²) in [7, 11) is 0. The van der Waals surface area contributed by atoms with Gasteiger partial charge in [-0.05, 0) is 31.2 Å². The van der Waals surface area contributed by atoms with Gasteiger partial charge in [-0.3, -0.25) is 0 Å². The molecule has 2 atom stereocenters. The fourth-order valence-corrected chi connectivity index (χ4v) is 1.42. The van der Waals surface area contributed by atoms with Crippen LogP contribution in [0.4, 0.5) is 0 Å². The van der Waals surface area contributed by atoms with E-state index in [-0.39, 0.29) is 0 Å². The van der Waals surface area contributed by atoms with Gasteiger partial charge in [-0.25, -0.2) is 0 Å². The van der Waals surface area contributed by atoms with Gasteiger partial charge in [-0.1, -0.05) is 46.8 Å². The molecule has 0 aromatic heterocycles. The van der Waals surface area contributed by atoms with Crippen LogP contribution in [-0.4, -0.2) is 12.6 Å². The molecule has 0 radical (unpaired) electrons. The maximum Gasteiger partial charge on any atom is 0.00104 e. The molecule has 0 fully saturated rings. The minimum absolute atomic E-state index is 0.596. The topological polar surface area (TPSA) is 12.0 Å². The van der Waals surface area contributed by atoms with E-state index in [2.05, 4.69) is 46.5 Å². The highest BCUT2D eigenvalue weighted by Crippen LogP contribution is 2.20. The Morgan fingerprint density at radius 3 is 2.14 bits per heavy atom. The van der Waals surface area contributed by atoms with Gasteiger partial charge in [0, 0.05) is 6.04 Å². The summed E-state index contributed by atoms with van der Waals surface area (Å²) in [5, 5.41) is 3.49. The van der Waals surface area contributed by atoms with Gasteiger partial charge in [0.1, 0.15) is 0 Å². The summed E-state index contributed by atoms with van der Waals surface area (Å²) >= 11 is 0. The fraction of sp³-hybridized carbons (Fsp3) is 0.846. The van der Waals surface area contributed by atoms with Crippen LogP contribution in [0.1, 0.15) is 47.5 Å². The third-order valence-corrected chi connectivity index (χ3v) is 2.93. The lowest BCUT2D eigenvalue weighted by atomic mass is 9.89. The quantitative estimate of drug-likeness (QED) is 0.615. The Bertz CT molecular complexity index is 161. The van der Waals surface area contributed by atoms with E-state index >= 15 is 0 Å². The molecule has 0 spiro atoms. The van der Waals surface area contributed by atoms with Crippen LogP contribution in [0.2, 0.25) is 0 Å². The lowest BCUT2D eigenvalue weighted by molar-refractivity contribution is 0.352. The highest BCUT2D eigenvalue weighted by Gasteiger charge is 2.12. The molecular formula is C13H27N. The van der Waals surface area contributed by atoms with Crippen molar-refractivity contribution in [1.82, 2.24) is 5.32 Å². The van der Waals surface area contributed by atoms with Crippen molar-refractivity contribution in [3.8, 4) is 0 Å². The fourth-order valence-electron chi connectivity index (χ4n) is 1.42. The molecule has 2 unspecified atom stereocenters. The van der Waals surface area contributed by atoms with Crippen molar-refractivity contribution in [2.24, 2.45) is 11.8 Å². The third kappa shape index (κ3) is 6.20. The molecule has 0 amide bonds. The van der Waals surface area contributed by atoms with Gasteiger partial charge in [0.15, 0.2) is 0 Å². The Hall–Kier alpha value is -0.300. The minimum Gasteiger partial charge on any atom is -0.314 e. The van der Waals surface area contributed by atoms with Crippen molar-refractivity contribution in [1.29, 1.82) is 0 Å². The lowest BCUT2D eigenvalue weighted by Gasteiger charge is -2.22. The van der Waals surface area contributed by atoms with Crippen LogP contribution in [-0.2, 0) is 0 Å². The molecule has 0 aliphatic carbocycles. The summed E-state index contributed by atoms with van der Waals surface area (Å²) in [5.41, 5.74) is 1.38. The van der Waals surface area contributed by atoms with Crippen LogP contribution in [0.3, 0.4) is 0 Å². The van der Waals surface area contributed by atoms with Crippen LogP contribution >= 0.6 is 0 Å². The SMILES string of the molecule is C=C(CC)CC(C)C(C)CNC(C)C. The Balaban J connectivity index is 3.75. The first-order valence-electron chi connectivity index (χ1n) is 5.87. The van der Waals surface area contributed by atoms with E-state index in [0.717, 1.165) is 24.8 Å². The van der Waals surface area contributed by atoms with Crippen LogP contribution in [0.5, 0.6) is 0 Å². The molecule has 0 aromatic rings. The summed E-state index contributed by atoms with van der Waals surface area (Å²) in [6, 6.07) is 0.596. The molecule has 0 aliphatic rings. The van der Waals surface area contributed by atoms with Gasteiger partial charge in [0.05, 0.1) is 0 Å². The van der Waals surface area contributed by atoms with Gasteiger partial charge >= 0.3 is 0 Å². The van der Waals surface area contributed by atoms with Gasteiger partial charge in [0.25, 0.3) is 0 Å². The summed E-state index contributed by atoms with van der Waals surface area (Å²) < 4.78 is 0. The average Bonchev–Trinajstić information content (AvgIpc) is 2.13. The van der Waals surface area contributed by atoms with E-state index in [4.69, 9.17) is 0 Å². The maximum atomic E-state index is 4.07. The van der Waals surface area contributed by atoms with E-state index < -0.39 is 0 Å². The first-order valence-corrected chi connectivity index (χ1v) is 5.87. The Kier molecular flexibility index (Phi) is 6.90. The first-order chi connectivity index (χ1) is 6.47. The van der Waals surface area contributed by atoms with Gasteiger partial charge in [-0.15, -0.1) is 0 Å². The molecular weight excluding hydrogens is 170 g/mol. The van der Waals surface area contributed by atoms with Crippen LogP contribution in [0.25, 0.3) is 0 Å². The summed E-state index contributed by atoms with van der Waals surface area (Å²) in [6.07, 6.45) is 2.30. The van der Waals surface area contributed by atoms with E-state index in [1.165, 1.54) is 12.0 Å². The van der Waals surface area contributed by atoms with Crippen LogP contribution in [0, 0.1) is 11.8 Å². The Labute approximate surface area is 90.0 Å². The highest BCUT2D eigenvalue weighted by molar-refractivity contribution is 4.94. The number of rotatable bonds is 7. The monoisotopic (exact) mass is 197 g/mol. The van der Waals surface area contributed by atoms with E-state index in [9.17, 15) is 0 Å². The number of hydrogen-bond donors (Lipinski definition) is 1. The minimum atomic E-state index is 0.596. The van der Waals surface area contributed by atoms with Crippen molar-refractivity contribution in [2.45, 2.75) is 53.5 Å². The van der Waals surface area contributed by atoms with Gasteiger partial charge < -0.3 is 5.32 Å². The molecule has 0 aliphatic heterocycles. The third-order valence-electron chi connectivity index (χ3n) is 2.93. The average molecular weight is 197 g/mol. The second-order valence-corrected chi connectivity index (χ2v) is 4.83. The van der Waals surface area contributed by atoms with Gasteiger partial charge in [0.2, 0.25) is 0 Å². The largest absolute Gasteiger partial charge is 0.314 e. The van der Waals surface area contributed by atoms with Crippen molar-refractivity contribution in [2.75, 3.05) is 6.54 Å². The molecule has 0 saturated heterocycles.